The molecule has 0 fully saturated rings. The van der Waals surface area contributed by atoms with Crippen LogP contribution in [0, 0.1) is 0 Å². The zero-order valence-corrected chi connectivity index (χ0v) is 9.40. The van der Waals surface area contributed by atoms with E-state index in [2.05, 4.69) is 24.1 Å². The number of imidazole rings is 1. The fourth-order valence-corrected chi connectivity index (χ4v) is 1.50. The van der Waals surface area contributed by atoms with Crippen LogP contribution in [0.3, 0.4) is 0 Å². The first kappa shape index (κ1) is 11.7. The van der Waals surface area contributed by atoms with Crippen molar-refractivity contribution in [3.8, 4) is 0 Å². The molecule has 15 heavy (non-hydrogen) atoms. The van der Waals surface area contributed by atoms with E-state index in [4.69, 9.17) is 5.73 Å². The molecule has 0 radical (unpaired) electrons. The summed E-state index contributed by atoms with van der Waals surface area (Å²) in [5.41, 5.74) is 5.25. The average molecular weight is 210 g/mol. The number of rotatable bonds is 5. The summed E-state index contributed by atoms with van der Waals surface area (Å²) in [5.74, 6) is 0.961. The van der Waals surface area contributed by atoms with Gasteiger partial charge >= 0.3 is 0 Å². The van der Waals surface area contributed by atoms with E-state index in [1.54, 1.807) is 13.2 Å². The summed E-state index contributed by atoms with van der Waals surface area (Å²) < 4.78 is 1.95. The maximum Gasteiger partial charge on any atom is 0.236 e. The molecule has 0 saturated heterocycles. The molecule has 5 nitrogen and oxygen atoms in total. The van der Waals surface area contributed by atoms with E-state index in [0.717, 1.165) is 5.82 Å². The molecule has 0 aliphatic heterocycles. The van der Waals surface area contributed by atoms with Crippen molar-refractivity contribution in [2.24, 2.45) is 5.73 Å². The summed E-state index contributed by atoms with van der Waals surface area (Å²) >= 11 is 0. The van der Waals surface area contributed by atoms with Gasteiger partial charge in [0.2, 0.25) is 5.91 Å². The highest BCUT2D eigenvalue weighted by molar-refractivity contribution is 5.79. The number of aromatic nitrogens is 2. The largest absolute Gasteiger partial charge is 0.368 e. The van der Waals surface area contributed by atoms with Crippen LogP contribution >= 0.6 is 0 Å². The van der Waals surface area contributed by atoms with E-state index in [9.17, 15) is 4.79 Å². The molecule has 1 heterocycles. The van der Waals surface area contributed by atoms with E-state index >= 15 is 0 Å². The lowest BCUT2D eigenvalue weighted by Crippen LogP contribution is -2.42. The predicted octanol–water partition coefficient (Wildman–Crippen LogP) is 0.0798. The van der Waals surface area contributed by atoms with E-state index in [1.807, 2.05) is 10.8 Å². The molecular weight excluding hydrogens is 192 g/mol. The van der Waals surface area contributed by atoms with E-state index in [1.165, 1.54) is 0 Å². The fraction of sp³-hybridized carbons (Fsp3) is 0.600. The second kappa shape index (κ2) is 4.93. The van der Waals surface area contributed by atoms with Crippen molar-refractivity contribution in [1.82, 2.24) is 14.9 Å². The predicted molar refractivity (Wildman–Crippen MR) is 58.4 cm³/mol. The van der Waals surface area contributed by atoms with Gasteiger partial charge in [-0.2, -0.15) is 0 Å². The second-order valence-electron chi connectivity index (χ2n) is 3.84. The van der Waals surface area contributed by atoms with Crippen molar-refractivity contribution < 1.29 is 4.79 Å². The molecule has 1 atom stereocenters. The Morgan fingerprint density at radius 1 is 1.67 bits per heavy atom. The Hall–Kier alpha value is -1.36. The molecule has 0 aromatic carbocycles. The minimum absolute atomic E-state index is 0.338. The highest BCUT2D eigenvalue weighted by Gasteiger charge is 2.15. The number of carbonyl (C=O) groups is 1. The molecule has 1 unspecified atom stereocenters. The van der Waals surface area contributed by atoms with Crippen LogP contribution < -0.4 is 11.1 Å². The smallest absolute Gasteiger partial charge is 0.236 e. The molecule has 1 aromatic heterocycles. The zero-order valence-electron chi connectivity index (χ0n) is 9.40. The molecule has 5 heteroatoms. The molecule has 3 N–H and O–H groups in total. The molecule has 0 bridgehead atoms. The standard InChI is InChI=1S/C10H18N4O/c1-7(2)10-13-4-5-14(10)6-8(12-3)9(11)15/h4-5,7-8,12H,6H2,1-3H3,(H2,11,15). The summed E-state index contributed by atoms with van der Waals surface area (Å²) in [4.78, 5) is 15.3. The summed E-state index contributed by atoms with van der Waals surface area (Å²) in [7, 11) is 1.72. The molecule has 0 aliphatic carbocycles. The van der Waals surface area contributed by atoms with Gasteiger partial charge in [0.05, 0.1) is 0 Å². The van der Waals surface area contributed by atoms with Crippen LogP contribution in [-0.4, -0.2) is 28.5 Å². The van der Waals surface area contributed by atoms with E-state index in [-0.39, 0.29) is 11.9 Å². The van der Waals surface area contributed by atoms with Crippen LogP contribution in [0.5, 0.6) is 0 Å². The van der Waals surface area contributed by atoms with Gasteiger partial charge in [-0.15, -0.1) is 0 Å². The molecule has 1 amide bonds. The van der Waals surface area contributed by atoms with Crippen LogP contribution in [0.15, 0.2) is 12.4 Å². The Morgan fingerprint density at radius 3 is 2.80 bits per heavy atom. The summed E-state index contributed by atoms with van der Waals surface area (Å²) in [6, 6.07) is -0.350. The van der Waals surface area contributed by atoms with Crippen LogP contribution in [0.4, 0.5) is 0 Å². The van der Waals surface area contributed by atoms with Crippen LogP contribution in [-0.2, 0) is 11.3 Å². The summed E-state index contributed by atoms with van der Waals surface area (Å²) in [6.07, 6.45) is 3.60. The number of nitrogens with two attached hydrogens (primary N) is 1. The normalized spacial score (nSPS) is 13.1. The SMILES string of the molecule is CNC(Cn1ccnc1C(C)C)C(N)=O. The zero-order chi connectivity index (χ0) is 11.4. The monoisotopic (exact) mass is 210 g/mol. The summed E-state index contributed by atoms with van der Waals surface area (Å²) in [5, 5.41) is 2.88. The molecule has 1 rings (SSSR count). The minimum atomic E-state index is -0.350. The Labute approximate surface area is 89.7 Å². The van der Waals surface area contributed by atoms with Gasteiger partial charge in [0.15, 0.2) is 0 Å². The van der Waals surface area contributed by atoms with Crippen molar-refractivity contribution in [2.75, 3.05) is 7.05 Å². The first-order chi connectivity index (χ1) is 7.06. The third-order valence-corrected chi connectivity index (χ3v) is 2.34. The topological polar surface area (TPSA) is 72.9 Å². The molecule has 0 aliphatic rings. The molecule has 84 valence electrons. The van der Waals surface area contributed by atoms with E-state index in [0.29, 0.717) is 12.5 Å². The maximum absolute atomic E-state index is 11.1. The molecular formula is C10H18N4O. The second-order valence-corrected chi connectivity index (χ2v) is 3.84. The quantitative estimate of drug-likeness (QED) is 0.723. The van der Waals surface area contributed by atoms with Crippen molar-refractivity contribution in [1.29, 1.82) is 0 Å². The van der Waals surface area contributed by atoms with Gasteiger partial charge in [0.25, 0.3) is 0 Å². The van der Waals surface area contributed by atoms with E-state index < -0.39 is 0 Å². The molecule has 0 saturated carbocycles. The third kappa shape index (κ3) is 2.79. The van der Waals surface area contributed by atoms with Gasteiger partial charge in [0.1, 0.15) is 11.9 Å². The van der Waals surface area contributed by atoms with Gasteiger partial charge in [0, 0.05) is 24.9 Å². The highest BCUT2D eigenvalue weighted by Crippen LogP contribution is 2.11. The number of hydrogen-bond acceptors (Lipinski definition) is 3. The van der Waals surface area contributed by atoms with Crippen molar-refractivity contribution in [3.63, 3.8) is 0 Å². The molecule has 1 aromatic rings. The van der Waals surface area contributed by atoms with Gasteiger partial charge < -0.3 is 15.6 Å². The Morgan fingerprint density at radius 2 is 2.33 bits per heavy atom. The fourth-order valence-electron chi connectivity index (χ4n) is 1.50. The van der Waals surface area contributed by atoms with Gasteiger partial charge in [-0.05, 0) is 7.05 Å². The van der Waals surface area contributed by atoms with Gasteiger partial charge in [-0.25, -0.2) is 4.98 Å². The number of nitrogens with zero attached hydrogens (tertiary/aromatic N) is 2. The van der Waals surface area contributed by atoms with Crippen LogP contribution in [0.1, 0.15) is 25.6 Å². The number of carbonyl (C=O) groups excluding carboxylic acids is 1. The first-order valence-electron chi connectivity index (χ1n) is 5.03. The van der Waals surface area contributed by atoms with Crippen LogP contribution in [0.2, 0.25) is 0 Å². The lowest BCUT2D eigenvalue weighted by atomic mass is 10.2. The number of likely N-dealkylation sites (N-methyl/N-ethyl adjacent to an activating group) is 1. The lowest BCUT2D eigenvalue weighted by Gasteiger charge is -2.16. The minimum Gasteiger partial charge on any atom is -0.368 e. The van der Waals surface area contributed by atoms with Crippen molar-refractivity contribution in [3.05, 3.63) is 18.2 Å². The Balaban J connectivity index is 2.79. The molecule has 0 spiro atoms. The average Bonchev–Trinajstić information content (AvgIpc) is 2.61. The number of hydrogen-bond donors (Lipinski definition) is 2. The number of amides is 1. The third-order valence-electron chi connectivity index (χ3n) is 2.34. The Bertz CT molecular complexity index is 332. The number of primary amides is 1. The maximum atomic E-state index is 11.1. The van der Waals surface area contributed by atoms with Crippen molar-refractivity contribution >= 4 is 5.91 Å². The van der Waals surface area contributed by atoms with Gasteiger partial charge in [-0.3, -0.25) is 4.79 Å². The Kier molecular flexibility index (Phi) is 3.85. The first-order valence-corrected chi connectivity index (χ1v) is 5.03. The lowest BCUT2D eigenvalue weighted by molar-refractivity contribution is -0.120. The van der Waals surface area contributed by atoms with Gasteiger partial charge in [-0.1, -0.05) is 13.8 Å². The highest BCUT2D eigenvalue weighted by atomic mass is 16.1. The number of nitrogens with one attached hydrogen (secondary N) is 1. The summed E-state index contributed by atoms with van der Waals surface area (Å²) in [6.45, 7) is 4.66. The van der Waals surface area contributed by atoms with Crippen LogP contribution in [0.25, 0.3) is 0 Å². The van der Waals surface area contributed by atoms with Crippen molar-refractivity contribution in [2.45, 2.75) is 32.4 Å².